The van der Waals surface area contributed by atoms with Crippen LogP contribution in [0.1, 0.15) is 19.4 Å². The van der Waals surface area contributed by atoms with Crippen LogP contribution in [0.5, 0.6) is 11.5 Å². The van der Waals surface area contributed by atoms with Crippen molar-refractivity contribution in [3.8, 4) is 11.5 Å². The van der Waals surface area contributed by atoms with Crippen molar-refractivity contribution in [2.45, 2.75) is 26.4 Å². The number of rotatable bonds is 5. The molecule has 0 aromatic heterocycles. The first-order valence-corrected chi connectivity index (χ1v) is 6.89. The third-order valence-corrected chi connectivity index (χ3v) is 3.39. The minimum absolute atomic E-state index is 0.0102. The number of fused-ring (bicyclic) bond motifs is 1. The molecule has 0 bridgehead atoms. The monoisotopic (exact) mass is 299 g/mol. The molecule has 0 aliphatic carbocycles. The molecule has 0 fully saturated rings. The Hall–Kier alpha value is -1.46. The van der Waals surface area contributed by atoms with Crippen LogP contribution in [0.15, 0.2) is 12.1 Å². The third kappa shape index (κ3) is 3.55. The van der Waals surface area contributed by atoms with E-state index in [0.717, 1.165) is 5.56 Å². The van der Waals surface area contributed by atoms with Crippen molar-refractivity contribution >= 4 is 17.6 Å². The molecule has 20 heavy (non-hydrogen) atoms. The average molecular weight is 300 g/mol. The first kappa shape index (κ1) is 14.9. The summed E-state index contributed by atoms with van der Waals surface area (Å²) in [5, 5.41) is 9.44. The smallest absolute Gasteiger partial charge is 0.317 e. The summed E-state index contributed by atoms with van der Waals surface area (Å²) < 4.78 is 11.0. The molecule has 1 aromatic carbocycles. The molecular weight excluding hydrogens is 282 g/mol. The Labute approximate surface area is 123 Å². The number of carbonyl (C=O) groups is 1. The number of carboxylic acid groups (broad SMARTS) is 1. The fraction of sp³-hybridized carbons (Fsp3) is 0.500. The van der Waals surface area contributed by atoms with Gasteiger partial charge < -0.3 is 14.6 Å². The number of halogens is 1. The van der Waals surface area contributed by atoms with Crippen LogP contribution < -0.4 is 9.47 Å². The van der Waals surface area contributed by atoms with Crippen molar-refractivity contribution in [3.05, 3.63) is 22.7 Å². The molecule has 0 atom stereocenters. The van der Waals surface area contributed by atoms with Gasteiger partial charge in [0, 0.05) is 12.6 Å². The minimum Gasteiger partial charge on any atom is -0.486 e. The molecule has 2 rings (SSSR count). The summed E-state index contributed by atoms with van der Waals surface area (Å²) in [6.07, 6.45) is 0. The normalized spacial score (nSPS) is 13.8. The fourth-order valence-corrected chi connectivity index (χ4v) is 2.37. The Bertz CT molecular complexity index is 504. The van der Waals surface area contributed by atoms with E-state index < -0.39 is 5.97 Å². The van der Waals surface area contributed by atoms with E-state index in [4.69, 9.17) is 26.2 Å². The maximum absolute atomic E-state index is 10.9. The number of hydrogen-bond donors (Lipinski definition) is 1. The molecule has 0 unspecified atom stereocenters. The lowest BCUT2D eigenvalue weighted by molar-refractivity contribution is -0.138. The van der Waals surface area contributed by atoms with Gasteiger partial charge in [0.05, 0.1) is 11.6 Å². The van der Waals surface area contributed by atoms with Gasteiger partial charge in [-0.2, -0.15) is 0 Å². The Morgan fingerprint density at radius 2 is 2.10 bits per heavy atom. The number of benzene rings is 1. The van der Waals surface area contributed by atoms with Crippen LogP contribution in [0.2, 0.25) is 5.02 Å². The lowest BCUT2D eigenvalue weighted by atomic mass is 10.1. The Morgan fingerprint density at radius 3 is 2.75 bits per heavy atom. The minimum atomic E-state index is -0.845. The zero-order valence-corrected chi connectivity index (χ0v) is 12.3. The van der Waals surface area contributed by atoms with Gasteiger partial charge >= 0.3 is 5.97 Å². The topological polar surface area (TPSA) is 59.0 Å². The first-order valence-electron chi connectivity index (χ1n) is 6.51. The highest BCUT2D eigenvalue weighted by atomic mass is 35.5. The van der Waals surface area contributed by atoms with E-state index in [2.05, 4.69) is 0 Å². The SMILES string of the molecule is CC(C)N(CC(=O)O)Cc1cc(Cl)c2c(c1)OCCO2. The zero-order valence-electron chi connectivity index (χ0n) is 11.6. The lowest BCUT2D eigenvalue weighted by Crippen LogP contribution is -2.35. The zero-order chi connectivity index (χ0) is 14.7. The Balaban J connectivity index is 2.19. The second-order valence-corrected chi connectivity index (χ2v) is 5.40. The molecule has 1 aromatic rings. The van der Waals surface area contributed by atoms with Gasteiger partial charge in [-0.25, -0.2) is 0 Å². The van der Waals surface area contributed by atoms with Gasteiger partial charge in [0.25, 0.3) is 0 Å². The second-order valence-electron chi connectivity index (χ2n) is 4.99. The number of carboxylic acids is 1. The van der Waals surface area contributed by atoms with E-state index >= 15 is 0 Å². The van der Waals surface area contributed by atoms with Crippen LogP contribution in [0.25, 0.3) is 0 Å². The highest BCUT2D eigenvalue weighted by Gasteiger charge is 2.19. The maximum Gasteiger partial charge on any atom is 0.317 e. The van der Waals surface area contributed by atoms with Crippen molar-refractivity contribution in [1.29, 1.82) is 0 Å². The van der Waals surface area contributed by atoms with Gasteiger partial charge in [0.2, 0.25) is 0 Å². The summed E-state index contributed by atoms with van der Waals surface area (Å²) in [6, 6.07) is 3.78. The largest absolute Gasteiger partial charge is 0.486 e. The number of aliphatic carboxylic acids is 1. The summed E-state index contributed by atoms with van der Waals surface area (Å²) >= 11 is 6.18. The van der Waals surface area contributed by atoms with Gasteiger partial charge in [-0.15, -0.1) is 0 Å². The number of nitrogens with zero attached hydrogens (tertiary/aromatic N) is 1. The van der Waals surface area contributed by atoms with E-state index in [-0.39, 0.29) is 12.6 Å². The molecule has 6 heteroatoms. The highest BCUT2D eigenvalue weighted by Crippen LogP contribution is 2.38. The number of ether oxygens (including phenoxy) is 2. The molecule has 0 saturated carbocycles. The van der Waals surface area contributed by atoms with Crippen LogP contribution in [-0.4, -0.2) is 41.8 Å². The molecule has 1 aliphatic heterocycles. The molecule has 5 nitrogen and oxygen atoms in total. The summed E-state index contributed by atoms with van der Waals surface area (Å²) in [6.45, 7) is 5.40. The molecule has 1 N–H and O–H groups in total. The number of hydrogen-bond acceptors (Lipinski definition) is 4. The predicted molar refractivity (Wildman–Crippen MR) is 75.6 cm³/mol. The summed E-state index contributed by atoms with van der Waals surface area (Å²) in [5.41, 5.74) is 0.911. The summed E-state index contributed by atoms with van der Waals surface area (Å²) in [5.74, 6) is 0.344. The molecule has 0 radical (unpaired) electrons. The van der Waals surface area contributed by atoms with E-state index in [1.807, 2.05) is 24.8 Å². The van der Waals surface area contributed by atoms with Crippen molar-refractivity contribution in [3.63, 3.8) is 0 Å². The van der Waals surface area contributed by atoms with E-state index in [0.29, 0.717) is 36.3 Å². The molecule has 0 amide bonds. The van der Waals surface area contributed by atoms with Crippen LogP contribution >= 0.6 is 11.6 Å². The Morgan fingerprint density at radius 1 is 1.40 bits per heavy atom. The second kappa shape index (κ2) is 6.33. The van der Waals surface area contributed by atoms with E-state index in [1.165, 1.54) is 0 Å². The van der Waals surface area contributed by atoms with Crippen LogP contribution in [0, 0.1) is 0 Å². The van der Waals surface area contributed by atoms with Crippen LogP contribution in [0.3, 0.4) is 0 Å². The molecule has 110 valence electrons. The van der Waals surface area contributed by atoms with Gasteiger partial charge in [0.15, 0.2) is 11.5 Å². The molecule has 0 spiro atoms. The summed E-state index contributed by atoms with van der Waals surface area (Å²) in [7, 11) is 0. The summed E-state index contributed by atoms with van der Waals surface area (Å²) in [4.78, 5) is 12.7. The molecule has 1 heterocycles. The van der Waals surface area contributed by atoms with Gasteiger partial charge in [-0.3, -0.25) is 9.69 Å². The molecule has 1 aliphatic rings. The van der Waals surface area contributed by atoms with Crippen molar-refractivity contribution < 1.29 is 19.4 Å². The average Bonchev–Trinajstić information content (AvgIpc) is 2.37. The van der Waals surface area contributed by atoms with E-state index in [1.54, 1.807) is 6.07 Å². The quantitative estimate of drug-likeness (QED) is 0.905. The van der Waals surface area contributed by atoms with Crippen molar-refractivity contribution in [2.75, 3.05) is 19.8 Å². The van der Waals surface area contributed by atoms with Crippen molar-refractivity contribution in [1.82, 2.24) is 4.90 Å². The molecule has 0 saturated heterocycles. The van der Waals surface area contributed by atoms with Gasteiger partial charge in [0.1, 0.15) is 13.2 Å². The van der Waals surface area contributed by atoms with E-state index in [9.17, 15) is 4.79 Å². The Kier molecular flexibility index (Phi) is 4.73. The fourth-order valence-electron chi connectivity index (χ4n) is 2.08. The first-order chi connectivity index (χ1) is 9.47. The predicted octanol–water partition coefficient (Wildman–Crippen LogP) is 2.41. The molecular formula is C14H18ClNO4. The van der Waals surface area contributed by atoms with Crippen LogP contribution in [-0.2, 0) is 11.3 Å². The van der Waals surface area contributed by atoms with Gasteiger partial charge in [-0.1, -0.05) is 11.6 Å². The third-order valence-electron chi connectivity index (χ3n) is 3.11. The highest BCUT2D eigenvalue weighted by molar-refractivity contribution is 6.32. The van der Waals surface area contributed by atoms with Crippen LogP contribution in [0.4, 0.5) is 0 Å². The standard InChI is InChI=1S/C14H18ClNO4/c1-9(2)16(8-13(17)18)7-10-5-11(15)14-12(6-10)19-3-4-20-14/h5-6,9H,3-4,7-8H2,1-2H3,(H,17,18). The van der Waals surface area contributed by atoms with Crippen molar-refractivity contribution in [2.24, 2.45) is 0 Å². The maximum atomic E-state index is 10.9. The van der Waals surface area contributed by atoms with Gasteiger partial charge in [-0.05, 0) is 31.5 Å². The lowest BCUT2D eigenvalue weighted by Gasteiger charge is -2.26.